The van der Waals surface area contributed by atoms with E-state index < -0.39 is 0 Å². The highest BCUT2D eigenvalue weighted by Gasteiger charge is 2.09. The van der Waals surface area contributed by atoms with Gasteiger partial charge in [0, 0.05) is 23.2 Å². The number of pyridine rings is 1. The molecule has 3 heteroatoms. The van der Waals surface area contributed by atoms with Crippen LogP contribution in [0.4, 0.5) is 0 Å². The summed E-state index contributed by atoms with van der Waals surface area (Å²) in [6, 6.07) is 10.3. The van der Waals surface area contributed by atoms with Gasteiger partial charge >= 0.3 is 0 Å². The zero-order valence-electron chi connectivity index (χ0n) is 9.67. The fraction of sp³-hybridized carbons (Fsp3) is 0.143. The van der Waals surface area contributed by atoms with Gasteiger partial charge in [-0.2, -0.15) is 0 Å². The van der Waals surface area contributed by atoms with Crippen molar-refractivity contribution in [1.29, 1.82) is 0 Å². The molecule has 0 saturated carbocycles. The lowest BCUT2D eigenvalue weighted by atomic mass is 10.1. The number of rotatable bonds is 2. The molecule has 2 aromatic heterocycles. The van der Waals surface area contributed by atoms with Gasteiger partial charge in [0.1, 0.15) is 0 Å². The monoisotopic (exact) mass is 224 g/mol. The lowest BCUT2D eigenvalue weighted by Gasteiger charge is -2.13. The van der Waals surface area contributed by atoms with E-state index >= 15 is 0 Å². The van der Waals surface area contributed by atoms with Crippen LogP contribution in [0.5, 0.6) is 0 Å². The van der Waals surface area contributed by atoms with Gasteiger partial charge in [0.2, 0.25) is 0 Å². The molecule has 0 bridgehead atoms. The standard InChI is InChI=1S/C14H14N3/c1-2-13(15)17-9-7-10-5-6-12-11(14(10)17)4-3-8-16-12/h2-9,13H,15H2,1H3/t13-/m0/s1. The zero-order chi connectivity index (χ0) is 11.8. The second kappa shape index (κ2) is 3.86. The summed E-state index contributed by atoms with van der Waals surface area (Å²) in [5.41, 5.74) is 8.24. The summed E-state index contributed by atoms with van der Waals surface area (Å²) in [7, 11) is 0. The summed E-state index contributed by atoms with van der Waals surface area (Å²) >= 11 is 0. The van der Waals surface area contributed by atoms with Crippen LogP contribution in [0.25, 0.3) is 21.8 Å². The Bertz CT molecular complexity index is 669. The smallest absolute Gasteiger partial charge is 0.0844 e. The van der Waals surface area contributed by atoms with E-state index in [1.54, 1.807) is 0 Å². The first-order valence-corrected chi connectivity index (χ1v) is 5.70. The first-order chi connectivity index (χ1) is 8.31. The van der Waals surface area contributed by atoms with E-state index in [-0.39, 0.29) is 6.17 Å². The predicted molar refractivity (Wildman–Crippen MR) is 70.4 cm³/mol. The van der Waals surface area contributed by atoms with Crippen molar-refractivity contribution in [1.82, 2.24) is 9.55 Å². The summed E-state index contributed by atoms with van der Waals surface area (Å²) in [4.78, 5) is 4.37. The van der Waals surface area contributed by atoms with Gasteiger partial charge in [-0.15, -0.1) is 0 Å². The second-order valence-electron chi connectivity index (χ2n) is 4.12. The molecule has 2 N–H and O–H groups in total. The van der Waals surface area contributed by atoms with E-state index in [9.17, 15) is 0 Å². The van der Waals surface area contributed by atoms with E-state index in [4.69, 9.17) is 5.73 Å². The summed E-state index contributed by atoms with van der Waals surface area (Å²) in [6.45, 7) is 1.97. The maximum Gasteiger partial charge on any atom is 0.0844 e. The highest BCUT2D eigenvalue weighted by Crippen LogP contribution is 2.26. The average Bonchev–Trinajstić information content (AvgIpc) is 2.82. The van der Waals surface area contributed by atoms with Gasteiger partial charge in [-0.3, -0.25) is 4.98 Å². The number of nitrogens with two attached hydrogens (primary N) is 1. The molecule has 17 heavy (non-hydrogen) atoms. The van der Waals surface area contributed by atoms with Crippen LogP contribution in [-0.4, -0.2) is 9.55 Å². The Kier molecular flexibility index (Phi) is 2.34. The largest absolute Gasteiger partial charge is 0.331 e. The van der Waals surface area contributed by atoms with Crippen molar-refractivity contribution in [2.75, 3.05) is 0 Å². The van der Waals surface area contributed by atoms with Crippen LogP contribution in [-0.2, 0) is 0 Å². The Morgan fingerprint density at radius 2 is 2.18 bits per heavy atom. The van der Waals surface area contributed by atoms with Crippen LogP contribution >= 0.6 is 0 Å². The quantitative estimate of drug-likeness (QED) is 0.727. The number of nitrogens with zero attached hydrogens (tertiary/aromatic N) is 2. The molecule has 2 heterocycles. The van der Waals surface area contributed by atoms with Gasteiger partial charge in [0.15, 0.2) is 0 Å². The molecule has 0 spiro atoms. The molecule has 3 nitrogen and oxygen atoms in total. The summed E-state index contributed by atoms with van der Waals surface area (Å²) in [5, 5.41) is 2.34. The zero-order valence-corrected chi connectivity index (χ0v) is 9.67. The fourth-order valence-corrected chi connectivity index (χ4v) is 2.22. The number of benzene rings is 1. The Balaban J connectivity index is 2.42. The molecule has 0 unspecified atom stereocenters. The molecule has 3 rings (SSSR count). The highest BCUT2D eigenvalue weighted by molar-refractivity contribution is 6.04. The number of hydrogen-bond donors (Lipinski definition) is 1. The van der Waals surface area contributed by atoms with Gasteiger partial charge in [-0.25, -0.2) is 0 Å². The number of hydrogen-bond acceptors (Lipinski definition) is 2. The molecule has 0 amide bonds. The van der Waals surface area contributed by atoms with E-state index in [0.29, 0.717) is 0 Å². The van der Waals surface area contributed by atoms with Crippen molar-refractivity contribution >= 4 is 21.8 Å². The second-order valence-corrected chi connectivity index (χ2v) is 4.12. The summed E-state index contributed by atoms with van der Waals surface area (Å²) in [6.07, 6.45) is 5.72. The van der Waals surface area contributed by atoms with Crippen molar-refractivity contribution in [2.24, 2.45) is 5.73 Å². The van der Waals surface area contributed by atoms with Gasteiger partial charge in [0.05, 0.1) is 17.2 Å². The maximum absolute atomic E-state index is 6.08. The molecule has 3 aromatic rings. The number of aromatic nitrogens is 2. The molecule has 1 atom stereocenters. The Hall–Kier alpha value is -1.87. The highest BCUT2D eigenvalue weighted by atomic mass is 15.1. The fourth-order valence-electron chi connectivity index (χ4n) is 2.22. The average molecular weight is 224 g/mol. The van der Waals surface area contributed by atoms with Crippen molar-refractivity contribution in [3.05, 3.63) is 49.1 Å². The van der Waals surface area contributed by atoms with E-state index in [1.165, 1.54) is 5.39 Å². The third-order valence-electron chi connectivity index (χ3n) is 3.12. The van der Waals surface area contributed by atoms with Crippen LogP contribution in [0.15, 0.2) is 42.7 Å². The summed E-state index contributed by atoms with van der Waals surface area (Å²) < 4.78 is 2.08. The molecule has 85 valence electrons. The van der Waals surface area contributed by atoms with Crippen molar-refractivity contribution < 1.29 is 0 Å². The van der Waals surface area contributed by atoms with Gasteiger partial charge in [0.25, 0.3) is 0 Å². The maximum atomic E-state index is 6.08. The Labute approximate surface area is 99.9 Å². The van der Waals surface area contributed by atoms with Crippen LogP contribution in [0.1, 0.15) is 13.1 Å². The first kappa shape index (κ1) is 10.3. The van der Waals surface area contributed by atoms with E-state index in [2.05, 4.69) is 27.8 Å². The van der Waals surface area contributed by atoms with Crippen LogP contribution in [0.3, 0.4) is 0 Å². The molecular weight excluding hydrogens is 210 g/mol. The first-order valence-electron chi connectivity index (χ1n) is 5.70. The molecule has 0 saturated heterocycles. The van der Waals surface area contributed by atoms with Gasteiger partial charge in [-0.1, -0.05) is 13.0 Å². The molecule has 0 aliphatic carbocycles. The predicted octanol–water partition coefficient (Wildman–Crippen LogP) is 2.87. The minimum atomic E-state index is -0.0988. The van der Waals surface area contributed by atoms with Crippen LogP contribution < -0.4 is 5.73 Å². The van der Waals surface area contributed by atoms with Gasteiger partial charge in [-0.05, 0) is 30.7 Å². The molecule has 0 aliphatic heterocycles. The molecular formula is C14H14N3. The molecule has 0 aliphatic rings. The van der Waals surface area contributed by atoms with E-state index in [0.717, 1.165) is 16.4 Å². The van der Waals surface area contributed by atoms with Gasteiger partial charge < -0.3 is 10.3 Å². The molecule has 1 radical (unpaired) electrons. The van der Waals surface area contributed by atoms with Crippen LogP contribution in [0.2, 0.25) is 0 Å². The Morgan fingerprint density at radius 1 is 1.29 bits per heavy atom. The molecule has 1 aromatic carbocycles. The van der Waals surface area contributed by atoms with E-state index in [1.807, 2.05) is 37.9 Å². The SMILES string of the molecule is C[CH][C@@H](N)n1ccc2ccc3ncccc3c21. The van der Waals surface area contributed by atoms with Crippen LogP contribution in [0, 0.1) is 6.42 Å². The minimum Gasteiger partial charge on any atom is -0.331 e. The number of fused-ring (bicyclic) bond motifs is 3. The lowest BCUT2D eigenvalue weighted by Crippen LogP contribution is -2.16. The third kappa shape index (κ3) is 1.51. The third-order valence-corrected chi connectivity index (χ3v) is 3.12. The lowest BCUT2D eigenvalue weighted by molar-refractivity contribution is 0.614. The van der Waals surface area contributed by atoms with Crippen molar-refractivity contribution in [3.63, 3.8) is 0 Å². The topological polar surface area (TPSA) is 43.8 Å². The molecule has 0 fully saturated rings. The van der Waals surface area contributed by atoms with Crippen molar-refractivity contribution in [3.8, 4) is 0 Å². The normalized spacial score (nSPS) is 13.3. The summed E-state index contributed by atoms with van der Waals surface area (Å²) in [5.74, 6) is 0. The minimum absolute atomic E-state index is 0.0988. The van der Waals surface area contributed by atoms with Crippen molar-refractivity contribution in [2.45, 2.75) is 13.1 Å². The Morgan fingerprint density at radius 3 is 3.00 bits per heavy atom.